The number of benzene rings is 3. The molecule has 2 amide bonds. The number of nitrogens with one attached hydrogen (secondary N) is 2. The fourth-order valence-corrected chi connectivity index (χ4v) is 5.28. The van der Waals surface area contributed by atoms with Gasteiger partial charge in [0, 0.05) is 36.1 Å². The first-order valence-corrected chi connectivity index (χ1v) is 11.8. The van der Waals surface area contributed by atoms with E-state index in [0.29, 0.717) is 19.0 Å². The summed E-state index contributed by atoms with van der Waals surface area (Å²) in [4.78, 5) is 30.1. The van der Waals surface area contributed by atoms with Crippen LogP contribution in [-0.4, -0.2) is 46.1 Å². The molecule has 0 saturated carbocycles. The summed E-state index contributed by atoms with van der Waals surface area (Å²) in [5, 5.41) is 16.2. The number of para-hydroxylation sites is 1. The highest BCUT2D eigenvalue weighted by Crippen LogP contribution is 2.33. The number of amides is 2. The molecular formula is C28H29N3O3. The Morgan fingerprint density at radius 3 is 2.41 bits per heavy atom. The van der Waals surface area contributed by atoms with Crippen LogP contribution in [-0.2, 0) is 4.79 Å². The molecule has 0 radical (unpaired) electrons. The molecular weight excluding hydrogens is 426 g/mol. The van der Waals surface area contributed by atoms with Crippen LogP contribution in [0.25, 0.3) is 21.7 Å². The molecule has 174 valence electrons. The average Bonchev–Trinajstić information content (AvgIpc) is 3.30. The van der Waals surface area contributed by atoms with Crippen molar-refractivity contribution < 1.29 is 14.7 Å². The lowest BCUT2D eigenvalue weighted by atomic mass is 9.86. The zero-order chi connectivity index (χ0) is 23.7. The Balaban J connectivity index is 1.27. The van der Waals surface area contributed by atoms with Crippen LogP contribution in [0.5, 0.6) is 0 Å². The number of aromatic nitrogens is 1. The predicted octanol–water partition coefficient (Wildman–Crippen LogP) is 5.47. The first-order valence-electron chi connectivity index (χ1n) is 11.8. The molecule has 2 heterocycles. The van der Waals surface area contributed by atoms with E-state index < -0.39 is 12.0 Å². The van der Waals surface area contributed by atoms with E-state index in [-0.39, 0.29) is 11.9 Å². The summed E-state index contributed by atoms with van der Waals surface area (Å²) in [5.74, 6) is -1.03. The minimum atomic E-state index is -1.03. The molecule has 3 aromatic carbocycles. The summed E-state index contributed by atoms with van der Waals surface area (Å²) >= 11 is 0. The summed E-state index contributed by atoms with van der Waals surface area (Å²) in [6.07, 6.45) is 3.56. The van der Waals surface area contributed by atoms with Crippen LogP contribution in [0.3, 0.4) is 0 Å². The number of nitrogens with zero attached hydrogens (tertiary/aromatic N) is 1. The van der Waals surface area contributed by atoms with Gasteiger partial charge in [-0.2, -0.15) is 0 Å². The summed E-state index contributed by atoms with van der Waals surface area (Å²) in [7, 11) is 0. The molecule has 1 aliphatic heterocycles. The van der Waals surface area contributed by atoms with Crippen molar-refractivity contribution in [1.82, 2.24) is 15.2 Å². The van der Waals surface area contributed by atoms with Crippen LogP contribution >= 0.6 is 0 Å². The van der Waals surface area contributed by atoms with Gasteiger partial charge in [0.05, 0.1) is 0 Å². The highest BCUT2D eigenvalue weighted by atomic mass is 16.4. The van der Waals surface area contributed by atoms with Gasteiger partial charge in [0.1, 0.15) is 6.04 Å². The van der Waals surface area contributed by atoms with Crippen molar-refractivity contribution >= 4 is 33.7 Å². The van der Waals surface area contributed by atoms with Gasteiger partial charge in [0.2, 0.25) is 0 Å². The number of carboxylic acid groups (broad SMARTS) is 1. The lowest BCUT2D eigenvalue weighted by Crippen LogP contribution is -2.51. The van der Waals surface area contributed by atoms with Gasteiger partial charge in [-0.05, 0) is 46.7 Å². The van der Waals surface area contributed by atoms with Crippen molar-refractivity contribution in [2.24, 2.45) is 0 Å². The lowest BCUT2D eigenvalue weighted by Gasteiger charge is -2.34. The standard InChI is InChI=1S/C28H29N3O3/c1-18(24-17-29-25-12-5-4-10-23(24)25)26(27(32)33)30-28(34)31-15-13-20(14-16-31)22-11-6-8-19-7-2-3-9-21(19)22/h2-12,17-18,20,26,29H,13-16H2,1H3,(H,30,34)(H,32,33)/t18-,26+/m0/s1. The first-order chi connectivity index (χ1) is 16.5. The van der Waals surface area contributed by atoms with Crippen LogP contribution in [0.15, 0.2) is 72.9 Å². The number of hydrogen-bond acceptors (Lipinski definition) is 2. The maximum absolute atomic E-state index is 13.0. The number of urea groups is 1. The van der Waals surface area contributed by atoms with Crippen molar-refractivity contribution in [1.29, 1.82) is 0 Å². The van der Waals surface area contributed by atoms with Crippen molar-refractivity contribution in [3.8, 4) is 0 Å². The number of aliphatic carboxylic acids is 1. The van der Waals surface area contributed by atoms with Crippen molar-refractivity contribution in [2.75, 3.05) is 13.1 Å². The largest absolute Gasteiger partial charge is 0.480 e. The number of fused-ring (bicyclic) bond motifs is 2. The van der Waals surface area contributed by atoms with Crippen molar-refractivity contribution in [3.05, 3.63) is 84.1 Å². The van der Waals surface area contributed by atoms with E-state index in [9.17, 15) is 14.7 Å². The molecule has 1 fully saturated rings. The zero-order valence-electron chi connectivity index (χ0n) is 19.2. The third-order valence-corrected chi connectivity index (χ3v) is 7.20. The first kappa shape index (κ1) is 22.0. The molecule has 5 rings (SSSR count). The molecule has 0 unspecified atom stereocenters. The molecule has 3 N–H and O–H groups in total. The smallest absolute Gasteiger partial charge is 0.326 e. The van der Waals surface area contributed by atoms with Gasteiger partial charge in [-0.15, -0.1) is 0 Å². The maximum Gasteiger partial charge on any atom is 0.326 e. The number of H-pyrrole nitrogens is 1. The van der Waals surface area contributed by atoms with Gasteiger partial charge >= 0.3 is 12.0 Å². The van der Waals surface area contributed by atoms with Gasteiger partial charge in [0.15, 0.2) is 0 Å². The fourth-order valence-electron chi connectivity index (χ4n) is 5.28. The normalized spacial score (nSPS) is 16.4. The predicted molar refractivity (Wildman–Crippen MR) is 134 cm³/mol. The Hall–Kier alpha value is -3.80. The number of carbonyl (C=O) groups excluding carboxylic acids is 1. The second kappa shape index (κ2) is 9.21. The molecule has 1 saturated heterocycles. The monoisotopic (exact) mass is 455 g/mol. The van der Waals surface area contributed by atoms with E-state index >= 15 is 0 Å². The van der Waals surface area contributed by atoms with Crippen LogP contribution in [0, 0.1) is 0 Å². The third-order valence-electron chi connectivity index (χ3n) is 7.20. The molecule has 34 heavy (non-hydrogen) atoms. The van der Waals surface area contributed by atoms with Crippen LogP contribution < -0.4 is 5.32 Å². The van der Waals surface area contributed by atoms with Gasteiger partial charge in [-0.3, -0.25) is 0 Å². The van der Waals surface area contributed by atoms with Gasteiger partial charge < -0.3 is 20.3 Å². The van der Waals surface area contributed by atoms with Crippen molar-refractivity contribution in [3.63, 3.8) is 0 Å². The summed E-state index contributed by atoms with van der Waals surface area (Å²) in [5.41, 5.74) is 3.17. The number of hydrogen-bond donors (Lipinski definition) is 3. The number of carboxylic acids is 1. The Morgan fingerprint density at radius 2 is 1.65 bits per heavy atom. The summed E-state index contributed by atoms with van der Waals surface area (Å²) < 4.78 is 0. The van der Waals surface area contributed by atoms with Crippen LogP contribution in [0.2, 0.25) is 0 Å². The number of likely N-dealkylation sites (tertiary alicyclic amines) is 1. The summed E-state index contributed by atoms with van der Waals surface area (Å²) in [6, 6.07) is 21.3. The second-order valence-electron chi connectivity index (χ2n) is 9.17. The average molecular weight is 456 g/mol. The van der Waals surface area contributed by atoms with Crippen LogP contribution in [0.1, 0.15) is 42.7 Å². The molecule has 2 atom stereocenters. The van der Waals surface area contributed by atoms with Crippen molar-refractivity contribution in [2.45, 2.75) is 37.6 Å². The molecule has 1 aliphatic rings. The Kier molecular flexibility index (Phi) is 5.97. The zero-order valence-corrected chi connectivity index (χ0v) is 19.2. The molecule has 0 spiro atoms. The lowest BCUT2D eigenvalue weighted by molar-refractivity contribution is -0.139. The molecule has 1 aromatic heterocycles. The molecule has 0 bridgehead atoms. The van der Waals surface area contributed by atoms with Gasteiger partial charge in [-0.25, -0.2) is 9.59 Å². The van der Waals surface area contributed by atoms with E-state index in [1.165, 1.54) is 16.3 Å². The van der Waals surface area contributed by atoms with E-state index in [1.807, 2.05) is 37.4 Å². The highest BCUT2D eigenvalue weighted by molar-refractivity contribution is 5.88. The fraction of sp³-hybridized carbons (Fsp3) is 0.286. The second-order valence-corrected chi connectivity index (χ2v) is 9.17. The van der Waals surface area contributed by atoms with Gasteiger partial charge in [0.25, 0.3) is 0 Å². The molecule has 6 heteroatoms. The minimum absolute atomic E-state index is 0.310. The van der Waals surface area contributed by atoms with E-state index in [1.54, 1.807) is 4.90 Å². The van der Waals surface area contributed by atoms with E-state index in [4.69, 9.17) is 0 Å². The topological polar surface area (TPSA) is 85.4 Å². The minimum Gasteiger partial charge on any atom is -0.480 e. The molecule has 0 aliphatic carbocycles. The van der Waals surface area contributed by atoms with E-state index in [2.05, 4.69) is 52.8 Å². The molecule has 6 nitrogen and oxygen atoms in total. The number of carbonyl (C=O) groups is 2. The SMILES string of the molecule is C[C@@H](c1c[nH]c2ccccc12)[C@@H](NC(=O)N1CCC(c2cccc3ccccc23)CC1)C(=O)O. The Labute approximate surface area is 198 Å². The van der Waals surface area contributed by atoms with Gasteiger partial charge in [-0.1, -0.05) is 67.6 Å². The summed E-state index contributed by atoms with van der Waals surface area (Å²) in [6.45, 7) is 3.06. The quantitative estimate of drug-likeness (QED) is 0.373. The Bertz CT molecular complexity index is 1330. The van der Waals surface area contributed by atoms with Crippen LogP contribution in [0.4, 0.5) is 4.79 Å². The number of rotatable bonds is 5. The number of aromatic amines is 1. The molecule has 4 aromatic rings. The van der Waals surface area contributed by atoms with E-state index in [0.717, 1.165) is 29.3 Å². The number of piperidine rings is 1. The maximum atomic E-state index is 13.0. The Morgan fingerprint density at radius 1 is 0.971 bits per heavy atom. The third kappa shape index (κ3) is 4.12. The highest BCUT2D eigenvalue weighted by Gasteiger charge is 2.32.